The van der Waals surface area contributed by atoms with Crippen LogP contribution in [0.15, 0.2) is 60.7 Å². The number of alkyl halides is 6. The van der Waals surface area contributed by atoms with Gasteiger partial charge < -0.3 is 56.3 Å². The Morgan fingerprint density at radius 3 is 1.42 bits per heavy atom. The van der Waals surface area contributed by atoms with Gasteiger partial charge in [-0.1, -0.05) is 74.5 Å². The zero-order chi connectivity index (χ0) is 58.5. The van der Waals surface area contributed by atoms with Crippen LogP contribution in [0.1, 0.15) is 96.6 Å². The molecule has 2 aromatic carbocycles. The summed E-state index contributed by atoms with van der Waals surface area (Å²) in [4.78, 5) is 103. The molecule has 0 aliphatic carbocycles. The lowest BCUT2D eigenvalue weighted by atomic mass is 10.0. The van der Waals surface area contributed by atoms with Crippen LogP contribution in [0.3, 0.4) is 0 Å². The lowest BCUT2D eigenvalue weighted by Gasteiger charge is -2.33. The van der Waals surface area contributed by atoms with Crippen LogP contribution < -0.4 is 31.9 Å². The highest BCUT2D eigenvalue weighted by Gasteiger charge is 2.46. The van der Waals surface area contributed by atoms with Gasteiger partial charge in [-0.2, -0.15) is 26.3 Å². The van der Waals surface area contributed by atoms with Crippen LogP contribution in [-0.2, 0) is 51.2 Å². The Morgan fingerprint density at radius 2 is 1.05 bits per heavy atom. The minimum absolute atomic E-state index is 0.0233. The molecule has 78 heavy (non-hydrogen) atoms. The van der Waals surface area contributed by atoms with Crippen molar-refractivity contribution in [2.75, 3.05) is 80.0 Å². The van der Waals surface area contributed by atoms with Gasteiger partial charge in [-0.15, -0.1) is 0 Å². The molecule has 2 aliphatic rings. The highest BCUT2D eigenvalue weighted by atomic mass is 19.4. The average Bonchev–Trinajstić information content (AvgIpc) is 4.09. The summed E-state index contributed by atoms with van der Waals surface area (Å²) in [5.41, 5.74) is 1.42. The van der Waals surface area contributed by atoms with Crippen LogP contribution in [0, 0.1) is 0 Å². The van der Waals surface area contributed by atoms with Gasteiger partial charge in [-0.3, -0.25) is 33.6 Å². The summed E-state index contributed by atoms with van der Waals surface area (Å²) in [5.74, 6) is -5.98. The number of benzene rings is 2. The second-order valence-corrected chi connectivity index (χ2v) is 19.4. The Bertz CT molecular complexity index is 2170. The van der Waals surface area contributed by atoms with Crippen molar-refractivity contribution in [1.82, 2.24) is 51.5 Å². The number of hydrogen-bond acceptors (Lipinski definition) is 11. The fourth-order valence-corrected chi connectivity index (χ4v) is 8.83. The predicted molar refractivity (Wildman–Crippen MR) is 283 cm³/mol. The van der Waals surface area contributed by atoms with Crippen molar-refractivity contribution < 1.29 is 64.7 Å². The number of carbonyl (C=O) groups excluding carboxylic acids is 8. The molecule has 4 atom stereocenters. The van der Waals surface area contributed by atoms with Crippen molar-refractivity contribution in [1.29, 1.82) is 0 Å². The third-order valence-corrected chi connectivity index (χ3v) is 13.2. The number of likely N-dealkylation sites (tertiary alicyclic amines) is 2. The maximum atomic E-state index is 13.6. The van der Waals surface area contributed by atoms with Gasteiger partial charge in [0.2, 0.25) is 29.5 Å². The number of aldehydes is 1. The molecule has 7 amide bonds. The van der Waals surface area contributed by atoms with Gasteiger partial charge in [0.15, 0.2) is 0 Å². The summed E-state index contributed by atoms with van der Waals surface area (Å²) in [5, 5.41) is 16.6. The lowest BCUT2D eigenvalue weighted by Crippen LogP contribution is -2.54. The number of carbonyl (C=O) groups is 8. The van der Waals surface area contributed by atoms with Crippen molar-refractivity contribution in [2.45, 2.75) is 140 Å². The van der Waals surface area contributed by atoms with Crippen LogP contribution in [-0.4, -0.2) is 189 Å². The summed E-state index contributed by atoms with van der Waals surface area (Å²) < 4.78 is 80.3. The first-order valence-corrected chi connectivity index (χ1v) is 26.6. The number of amides is 7. The Morgan fingerprint density at radius 1 is 0.641 bits per heavy atom. The normalized spacial score (nSPS) is 16.1. The maximum absolute atomic E-state index is 13.6. The van der Waals surface area contributed by atoms with Gasteiger partial charge in [0.05, 0.1) is 13.1 Å². The van der Waals surface area contributed by atoms with Crippen LogP contribution in [0.25, 0.3) is 0 Å². The van der Waals surface area contributed by atoms with E-state index in [0.29, 0.717) is 51.5 Å². The molecule has 2 fully saturated rings. The van der Waals surface area contributed by atoms with Crippen molar-refractivity contribution in [3.8, 4) is 0 Å². The Balaban J connectivity index is 0.000000527. The smallest absolute Gasteiger partial charge is 0.356 e. The van der Waals surface area contributed by atoms with Gasteiger partial charge in [0.1, 0.15) is 18.4 Å². The molecule has 0 radical (unpaired) electrons. The number of likely N-dealkylation sites (N-methyl/N-ethyl adjacent to an activating group) is 2. The van der Waals surface area contributed by atoms with E-state index >= 15 is 0 Å². The number of halogens is 6. The Hall–Kier alpha value is -6.14. The Labute approximate surface area is 454 Å². The number of rotatable bonds is 28. The van der Waals surface area contributed by atoms with Crippen molar-refractivity contribution in [3.05, 3.63) is 71.8 Å². The van der Waals surface area contributed by atoms with E-state index in [2.05, 4.69) is 31.9 Å². The second kappa shape index (κ2) is 34.7. The molecule has 0 spiro atoms. The van der Waals surface area contributed by atoms with Crippen LogP contribution >= 0.6 is 0 Å². The molecule has 2 heterocycles. The third kappa shape index (κ3) is 24.3. The quantitative estimate of drug-likeness (QED) is 0.0530. The summed E-state index contributed by atoms with van der Waals surface area (Å²) in [6, 6.07) is 14.5. The van der Waals surface area contributed by atoms with Gasteiger partial charge in [0.25, 0.3) is 0 Å². The van der Waals surface area contributed by atoms with E-state index in [4.69, 9.17) is 0 Å². The third-order valence-electron chi connectivity index (χ3n) is 13.2. The minimum Gasteiger partial charge on any atom is -0.356 e. The van der Waals surface area contributed by atoms with Crippen LogP contribution in [0.5, 0.6) is 0 Å². The predicted octanol–water partition coefficient (Wildman–Crippen LogP) is 3.92. The molecule has 438 valence electrons. The molecular weight excluding hydrogens is 1030 g/mol. The summed E-state index contributed by atoms with van der Waals surface area (Å²) in [6.45, 7) is 8.09. The molecule has 2 saturated heterocycles. The first kappa shape index (κ1) is 68.0. The molecule has 4 unspecified atom stereocenters. The average molecular weight is 1110 g/mol. The topological polar surface area (TPSA) is 222 Å². The molecule has 24 heteroatoms. The minimum atomic E-state index is -5.05. The van der Waals surface area contributed by atoms with Crippen molar-refractivity contribution in [2.24, 2.45) is 0 Å². The van der Waals surface area contributed by atoms with E-state index < -0.39 is 72.0 Å². The lowest BCUT2D eigenvalue weighted by molar-refractivity contribution is -0.186. The van der Waals surface area contributed by atoms with Gasteiger partial charge in [-0.25, -0.2) is 0 Å². The molecule has 0 saturated carbocycles. The summed E-state index contributed by atoms with van der Waals surface area (Å²) in [6.07, 6.45) is -6.20. The highest BCUT2D eigenvalue weighted by Crippen LogP contribution is 2.26. The highest BCUT2D eigenvalue weighted by molar-refractivity contribution is 5.90. The molecule has 4 rings (SSSR count). The fraction of sp³-hybridized carbons (Fsp3) is 0.630. The summed E-state index contributed by atoms with van der Waals surface area (Å²) in [7, 11) is 4.98. The molecule has 2 aliphatic heterocycles. The fourth-order valence-electron chi connectivity index (χ4n) is 8.83. The van der Waals surface area contributed by atoms with Crippen molar-refractivity contribution in [3.63, 3.8) is 0 Å². The zero-order valence-electron chi connectivity index (χ0n) is 46.1. The molecule has 6 N–H and O–H groups in total. The molecular formula is C54H82F6N10O8. The van der Waals surface area contributed by atoms with E-state index in [9.17, 15) is 64.7 Å². The van der Waals surface area contributed by atoms with E-state index in [0.717, 1.165) is 20.9 Å². The maximum Gasteiger partial charge on any atom is 0.471 e. The standard InChI is InChI=1S/C29H45F3N6O4.C23H31F3N4O4.C2H6/c1-28(2,34-4)15-16-35-24(39)13-12-23(36-25(40)19-33-3)26(41)38-17-8-11-22(38)20-37(27(42)29(30,31)32)18-14-21-9-6-5-7-10-21;1-27-15-20(32)28-19(10-6-14-31)21(33)30-12-5-9-18(30)16-29(22(34)23(24,25)26)13-11-17-7-3-2-4-8-17;1-2/h5-7,9-10,22-23,33-34H,8,11-20H2,1-4H3,(H,35,39)(H,36,40);2-4,7-8,14,18-19,27H,5-6,9-13,15-16H2,1H3,(H,28,32);1-2H3. The van der Waals surface area contributed by atoms with Gasteiger partial charge in [0, 0.05) is 76.3 Å². The Kier molecular flexibility index (Phi) is 30.2. The molecule has 18 nitrogen and oxygen atoms in total. The monoisotopic (exact) mass is 1110 g/mol. The largest absolute Gasteiger partial charge is 0.471 e. The number of hydrogen-bond donors (Lipinski definition) is 6. The van der Waals surface area contributed by atoms with E-state index in [1.807, 2.05) is 34.7 Å². The van der Waals surface area contributed by atoms with E-state index in [-0.39, 0.29) is 95.8 Å². The van der Waals surface area contributed by atoms with E-state index in [1.54, 1.807) is 74.8 Å². The molecule has 0 aromatic heterocycles. The van der Waals surface area contributed by atoms with Crippen LogP contribution in [0.2, 0.25) is 0 Å². The van der Waals surface area contributed by atoms with Crippen LogP contribution in [0.4, 0.5) is 26.3 Å². The molecule has 0 bridgehead atoms. The SMILES string of the molecule is CC.CNCC(=O)NC(CCC(=O)NCCC(C)(C)NC)C(=O)N1CCCC1CN(CCc1ccccc1)C(=O)C(F)(F)F.CNCC(=O)NC(CCC=O)C(=O)N1CCCC1CN(CCc1ccccc1)C(=O)C(F)(F)F. The zero-order valence-corrected chi connectivity index (χ0v) is 46.1. The van der Waals surface area contributed by atoms with Gasteiger partial charge >= 0.3 is 24.2 Å². The molecule has 2 aromatic rings. The van der Waals surface area contributed by atoms with Gasteiger partial charge in [-0.05, 0) is 104 Å². The summed E-state index contributed by atoms with van der Waals surface area (Å²) >= 11 is 0. The first-order chi connectivity index (χ1) is 36.9. The number of nitrogens with zero attached hydrogens (tertiary/aromatic N) is 4. The second-order valence-electron chi connectivity index (χ2n) is 19.4. The van der Waals surface area contributed by atoms with E-state index in [1.165, 1.54) is 9.80 Å². The first-order valence-electron chi connectivity index (χ1n) is 26.6. The van der Waals surface area contributed by atoms with Crippen molar-refractivity contribution >= 4 is 47.6 Å². The number of nitrogens with one attached hydrogen (secondary N) is 6.